The van der Waals surface area contributed by atoms with E-state index in [0.717, 1.165) is 24.9 Å². The molecule has 0 atom stereocenters. The summed E-state index contributed by atoms with van der Waals surface area (Å²) in [4.78, 5) is 22.7. The predicted molar refractivity (Wildman–Crippen MR) is 133 cm³/mol. The Labute approximate surface area is 205 Å². The molecular weight excluding hydrogens is 470 g/mol. The lowest BCUT2D eigenvalue weighted by molar-refractivity contribution is -0.121. The van der Waals surface area contributed by atoms with Gasteiger partial charge in [0.2, 0.25) is 15.9 Å². The summed E-state index contributed by atoms with van der Waals surface area (Å²) in [6.45, 7) is 3.19. The van der Waals surface area contributed by atoms with Crippen molar-refractivity contribution in [1.29, 1.82) is 0 Å². The Kier molecular flexibility index (Phi) is 7.54. The van der Waals surface area contributed by atoms with E-state index in [4.69, 9.17) is 9.47 Å². The molecule has 2 aromatic heterocycles. The van der Waals surface area contributed by atoms with Crippen LogP contribution in [0.2, 0.25) is 0 Å². The van der Waals surface area contributed by atoms with E-state index in [1.54, 1.807) is 29.7 Å². The van der Waals surface area contributed by atoms with Gasteiger partial charge in [0.05, 0.1) is 24.9 Å². The second-order valence-electron chi connectivity index (χ2n) is 8.23. The van der Waals surface area contributed by atoms with Crippen molar-refractivity contribution in [3.63, 3.8) is 0 Å². The van der Waals surface area contributed by atoms with E-state index in [1.165, 1.54) is 7.11 Å². The van der Waals surface area contributed by atoms with Crippen molar-refractivity contribution < 1.29 is 22.7 Å². The number of aryl methyl sites for hydroxylation is 1. The number of nitrogens with one attached hydrogen (secondary N) is 1. The molecule has 11 heteroatoms. The minimum atomic E-state index is -3.54. The van der Waals surface area contributed by atoms with Gasteiger partial charge in [-0.05, 0) is 36.6 Å². The Hall–Kier alpha value is -3.60. The van der Waals surface area contributed by atoms with Crippen LogP contribution in [0, 0.1) is 0 Å². The van der Waals surface area contributed by atoms with Gasteiger partial charge in [-0.3, -0.25) is 9.52 Å². The first-order valence-electron chi connectivity index (χ1n) is 11.5. The number of carbonyl (C=O) groups excluding carboxylic acids is 1. The van der Waals surface area contributed by atoms with Gasteiger partial charge in [-0.25, -0.2) is 18.4 Å². The number of amides is 1. The van der Waals surface area contributed by atoms with E-state index < -0.39 is 10.0 Å². The molecule has 0 radical (unpaired) electrons. The number of imidazole rings is 1. The molecule has 0 fully saturated rings. The largest absolute Gasteiger partial charge is 0.482 e. The summed E-state index contributed by atoms with van der Waals surface area (Å²) >= 11 is 0. The lowest BCUT2D eigenvalue weighted by Gasteiger charge is -2.30. The van der Waals surface area contributed by atoms with E-state index in [9.17, 15) is 13.2 Å². The van der Waals surface area contributed by atoms with Crippen LogP contribution in [0.3, 0.4) is 0 Å². The highest BCUT2D eigenvalue weighted by Gasteiger charge is 2.26. The number of methoxy groups -OCH3 is 1. The molecule has 4 rings (SSSR count). The average Bonchev–Trinajstić information content (AvgIpc) is 3.37. The molecule has 0 bridgehead atoms. The van der Waals surface area contributed by atoms with Crippen LogP contribution in [0.5, 0.6) is 11.6 Å². The van der Waals surface area contributed by atoms with Crippen molar-refractivity contribution in [2.24, 2.45) is 0 Å². The lowest BCUT2D eigenvalue weighted by atomic mass is 10.0. The van der Waals surface area contributed by atoms with Crippen LogP contribution >= 0.6 is 0 Å². The maximum absolute atomic E-state index is 12.7. The van der Waals surface area contributed by atoms with Gasteiger partial charge >= 0.3 is 0 Å². The number of nitrogens with zero attached hydrogens (tertiary/aromatic N) is 4. The van der Waals surface area contributed by atoms with Crippen LogP contribution < -0.4 is 19.1 Å². The topological polar surface area (TPSA) is 116 Å². The number of pyridine rings is 1. The minimum Gasteiger partial charge on any atom is -0.482 e. The van der Waals surface area contributed by atoms with Gasteiger partial charge in [0.15, 0.2) is 6.61 Å². The fraction of sp³-hybridized carbons (Fsp3) is 0.375. The fourth-order valence-corrected chi connectivity index (χ4v) is 5.11. The van der Waals surface area contributed by atoms with Gasteiger partial charge in [0.1, 0.15) is 11.4 Å². The van der Waals surface area contributed by atoms with Crippen LogP contribution in [-0.2, 0) is 21.4 Å². The number of hydrogen-bond acceptors (Lipinski definition) is 7. The Bertz CT molecular complexity index is 1280. The van der Waals surface area contributed by atoms with E-state index in [1.807, 2.05) is 35.9 Å². The molecule has 0 saturated heterocycles. The molecule has 35 heavy (non-hydrogen) atoms. The third-order valence-corrected chi connectivity index (χ3v) is 7.03. The van der Waals surface area contributed by atoms with Crippen LogP contribution in [0.1, 0.15) is 26.2 Å². The molecule has 0 aliphatic carbocycles. The molecule has 1 aliphatic heterocycles. The van der Waals surface area contributed by atoms with E-state index >= 15 is 0 Å². The molecule has 186 valence electrons. The Morgan fingerprint density at radius 1 is 1.17 bits per heavy atom. The molecule has 1 aromatic carbocycles. The summed E-state index contributed by atoms with van der Waals surface area (Å²) in [5, 5.41) is 0. The molecule has 0 saturated carbocycles. The Morgan fingerprint density at radius 2 is 2.03 bits per heavy atom. The first kappa shape index (κ1) is 24.5. The number of benzene rings is 1. The fourth-order valence-electron chi connectivity index (χ4n) is 3.86. The van der Waals surface area contributed by atoms with Crippen molar-refractivity contribution >= 4 is 27.3 Å². The number of unbranched alkanes of at least 4 members (excludes halogenated alkanes) is 1. The zero-order valence-electron chi connectivity index (χ0n) is 19.8. The standard InChI is InChI=1S/C24H29N5O5S/c1-3-4-12-35(31,32)27-20-13-19(15-26-24(20)33-2)18-6-7-22-21(14-18)29(23(30)16-34-22)10-5-9-28-11-8-25-17-28/h6-8,11,13-15,17,27H,3-5,9-10,12,16H2,1-2H3. The van der Waals surface area contributed by atoms with Gasteiger partial charge in [0.25, 0.3) is 5.91 Å². The summed E-state index contributed by atoms with van der Waals surface area (Å²) in [6.07, 6.45) is 9.04. The predicted octanol–water partition coefficient (Wildman–Crippen LogP) is 3.31. The van der Waals surface area contributed by atoms with Crippen molar-refractivity contribution in [1.82, 2.24) is 14.5 Å². The highest BCUT2D eigenvalue weighted by molar-refractivity contribution is 7.92. The maximum Gasteiger partial charge on any atom is 0.265 e. The monoisotopic (exact) mass is 499 g/mol. The number of ether oxygens (including phenoxy) is 2. The minimum absolute atomic E-state index is 0.00873. The van der Waals surface area contributed by atoms with Crippen molar-refractivity contribution in [2.75, 3.05) is 35.6 Å². The van der Waals surface area contributed by atoms with Gasteiger partial charge in [-0.15, -0.1) is 0 Å². The normalized spacial score (nSPS) is 13.3. The zero-order chi connectivity index (χ0) is 24.8. The van der Waals surface area contributed by atoms with Gasteiger partial charge in [0, 0.05) is 37.2 Å². The molecule has 0 unspecified atom stereocenters. The van der Waals surface area contributed by atoms with Gasteiger partial charge in [-0.2, -0.15) is 0 Å². The van der Waals surface area contributed by atoms with Crippen molar-refractivity contribution in [3.8, 4) is 22.8 Å². The van der Waals surface area contributed by atoms with E-state index in [0.29, 0.717) is 30.0 Å². The Morgan fingerprint density at radius 3 is 2.77 bits per heavy atom. The third kappa shape index (κ3) is 5.91. The highest BCUT2D eigenvalue weighted by atomic mass is 32.2. The summed E-state index contributed by atoms with van der Waals surface area (Å²) in [5.74, 6) is 0.713. The first-order chi connectivity index (χ1) is 16.9. The average molecular weight is 500 g/mol. The maximum atomic E-state index is 12.7. The summed E-state index contributed by atoms with van der Waals surface area (Å²) in [5.41, 5.74) is 2.39. The summed E-state index contributed by atoms with van der Waals surface area (Å²) in [6, 6.07) is 7.22. The lowest BCUT2D eigenvalue weighted by Crippen LogP contribution is -2.39. The van der Waals surface area contributed by atoms with Gasteiger partial charge < -0.3 is 18.9 Å². The number of carbonyl (C=O) groups is 1. The summed E-state index contributed by atoms with van der Waals surface area (Å²) in [7, 11) is -2.10. The smallest absolute Gasteiger partial charge is 0.265 e. The zero-order valence-corrected chi connectivity index (χ0v) is 20.6. The molecular formula is C24H29N5O5S. The molecule has 3 heterocycles. The number of hydrogen-bond donors (Lipinski definition) is 1. The number of rotatable bonds is 11. The molecule has 1 N–H and O–H groups in total. The first-order valence-corrected chi connectivity index (χ1v) is 13.1. The third-order valence-electron chi connectivity index (χ3n) is 5.67. The number of anilines is 2. The second kappa shape index (κ2) is 10.8. The molecule has 1 aliphatic rings. The molecule has 0 spiro atoms. The number of sulfonamides is 1. The van der Waals surface area contributed by atoms with E-state index in [-0.39, 0.29) is 29.8 Å². The van der Waals surface area contributed by atoms with Crippen molar-refractivity contribution in [3.05, 3.63) is 49.2 Å². The van der Waals surface area contributed by atoms with Gasteiger partial charge in [-0.1, -0.05) is 19.4 Å². The summed E-state index contributed by atoms with van der Waals surface area (Å²) < 4.78 is 40.4. The van der Waals surface area contributed by atoms with Crippen molar-refractivity contribution in [2.45, 2.75) is 32.7 Å². The van der Waals surface area contributed by atoms with Crippen LogP contribution in [0.15, 0.2) is 49.2 Å². The highest BCUT2D eigenvalue weighted by Crippen LogP contribution is 2.37. The Balaban J connectivity index is 1.60. The molecule has 1 amide bonds. The van der Waals surface area contributed by atoms with Crippen LogP contribution in [0.4, 0.5) is 11.4 Å². The molecule has 10 nitrogen and oxygen atoms in total. The van der Waals surface area contributed by atoms with Crippen LogP contribution in [-0.4, -0.2) is 54.9 Å². The quantitative estimate of drug-likeness (QED) is 0.430. The molecule has 3 aromatic rings. The number of fused-ring (bicyclic) bond motifs is 1. The van der Waals surface area contributed by atoms with Crippen LogP contribution in [0.25, 0.3) is 11.1 Å². The number of aromatic nitrogens is 3. The SMILES string of the molecule is CCCCS(=O)(=O)Nc1cc(-c2ccc3c(c2)N(CCCn2ccnc2)C(=O)CO3)cnc1OC. The second-order valence-corrected chi connectivity index (χ2v) is 10.1. The van der Waals surface area contributed by atoms with E-state index in [2.05, 4.69) is 14.7 Å².